The molecule has 0 atom stereocenters. The van der Waals surface area contributed by atoms with Crippen molar-refractivity contribution in [3.8, 4) is 0 Å². The lowest BCUT2D eigenvalue weighted by molar-refractivity contribution is 0.0586. The Hall–Kier alpha value is -0.823. The monoisotopic (exact) mass is 388 g/mol. The van der Waals surface area contributed by atoms with Crippen LogP contribution in [0.2, 0.25) is 6.04 Å². The third-order valence-electron chi connectivity index (χ3n) is 4.02. The predicted octanol–water partition coefficient (Wildman–Crippen LogP) is 5.90. The highest BCUT2D eigenvalue weighted by atomic mass is 28.4. The van der Waals surface area contributed by atoms with E-state index < -0.39 is 20.4 Å². The van der Waals surface area contributed by atoms with Gasteiger partial charge in [-0.2, -0.15) is 0 Å². The first-order valence-corrected chi connectivity index (χ1v) is 11.9. The van der Waals surface area contributed by atoms with Gasteiger partial charge in [0, 0.05) is 31.9 Å². The summed E-state index contributed by atoms with van der Waals surface area (Å²) in [5.74, 6) is -0.992. The van der Waals surface area contributed by atoms with E-state index in [1.807, 2.05) is 0 Å². The van der Waals surface area contributed by atoms with Gasteiger partial charge in [0.1, 0.15) is 11.6 Å². The van der Waals surface area contributed by atoms with E-state index in [-0.39, 0.29) is 0 Å². The van der Waals surface area contributed by atoms with Gasteiger partial charge < -0.3 is 13.3 Å². The van der Waals surface area contributed by atoms with E-state index >= 15 is 0 Å². The molecule has 26 heavy (non-hydrogen) atoms. The van der Waals surface area contributed by atoms with E-state index in [0.717, 1.165) is 50.6 Å². The topological polar surface area (TPSA) is 27.7 Å². The highest BCUT2D eigenvalue weighted by Crippen LogP contribution is 2.22. The average Bonchev–Trinajstić information content (AvgIpc) is 2.63. The summed E-state index contributed by atoms with van der Waals surface area (Å²) >= 11 is 0. The first-order valence-electron chi connectivity index (χ1n) is 9.92. The summed E-state index contributed by atoms with van der Waals surface area (Å²) in [7, 11) is -2.63. The Balaban J connectivity index is 2.49. The van der Waals surface area contributed by atoms with Crippen molar-refractivity contribution in [2.45, 2.75) is 71.8 Å². The number of aryl methyl sites for hydroxylation is 1. The van der Waals surface area contributed by atoms with Crippen LogP contribution in [0.15, 0.2) is 18.2 Å². The van der Waals surface area contributed by atoms with Gasteiger partial charge in [-0.05, 0) is 50.2 Å². The van der Waals surface area contributed by atoms with E-state index in [4.69, 9.17) is 13.3 Å². The number of hydrogen-bond acceptors (Lipinski definition) is 3. The van der Waals surface area contributed by atoms with Gasteiger partial charge in [-0.15, -0.1) is 0 Å². The van der Waals surface area contributed by atoms with Gasteiger partial charge in [0.05, 0.1) is 0 Å². The van der Waals surface area contributed by atoms with Crippen molar-refractivity contribution >= 4 is 8.80 Å². The predicted molar refractivity (Wildman–Crippen MR) is 103 cm³/mol. The number of hydrogen-bond donors (Lipinski definition) is 0. The van der Waals surface area contributed by atoms with E-state index in [9.17, 15) is 8.78 Å². The summed E-state index contributed by atoms with van der Waals surface area (Å²) in [6, 6.07) is 4.58. The molecule has 0 saturated heterocycles. The molecule has 0 aliphatic rings. The molecule has 0 heterocycles. The molecule has 0 N–H and O–H groups in total. The van der Waals surface area contributed by atoms with Crippen molar-refractivity contribution < 1.29 is 22.1 Å². The largest absolute Gasteiger partial charge is 0.500 e. The van der Waals surface area contributed by atoms with Crippen LogP contribution in [0, 0.1) is 11.6 Å². The molecule has 0 saturated carbocycles. The average molecular weight is 389 g/mol. The zero-order valence-electron chi connectivity index (χ0n) is 16.5. The SMILES string of the molecule is CCCO[Si](CCCCCc1ccc(F)cc1F)(OCCC)OCCC. The van der Waals surface area contributed by atoms with Crippen LogP contribution in [0.25, 0.3) is 0 Å². The maximum Gasteiger partial charge on any atom is 0.500 e. The Kier molecular flexibility index (Phi) is 11.9. The zero-order valence-corrected chi connectivity index (χ0v) is 17.5. The quantitative estimate of drug-likeness (QED) is 0.277. The summed E-state index contributed by atoms with van der Waals surface area (Å²) < 4.78 is 44.8. The van der Waals surface area contributed by atoms with Crippen LogP contribution in [-0.2, 0) is 19.7 Å². The summed E-state index contributed by atoms with van der Waals surface area (Å²) in [6.07, 6.45) is 6.12. The standard InChI is InChI=1S/C20H34F2O3Si/c1-4-13-23-26(24-14-5-2,25-15-6-3)16-9-7-8-10-18-11-12-19(21)17-20(18)22/h11-12,17H,4-10,13-16H2,1-3H3. The maximum absolute atomic E-state index is 13.7. The smallest absolute Gasteiger partial charge is 0.373 e. The fourth-order valence-electron chi connectivity index (χ4n) is 2.67. The number of rotatable bonds is 15. The van der Waals surface area contributed by atoms with Gasteiger partial charge in [-0.1, -0.05) is 33.3 Å². The molecule has 0 radical (unpaired) electrons. The molecule has 1 aromatic carbocycles. The fourth-order valence-corrected chi connectivity index (χ4v) is 5.58. The molecular formula is C20H34F2O3Si. The van der Waals surface area contributed by atoms with E-state index in [1.54, 1.807) is 0 Å². The first-order chi connectivity index (χ1) is 12.6. The lowest BCUT2D eigenvalue weighted by Gasteiger charge is -2.29. The summed E-state index contributed by atoms with van der Waals surface area (Å²) in [5, 5.41) is 0. The molecule has 6 heteroatoms. The van der Waals surface area contributed by atoms with E-state index in [0.29, 0.717) is 31.8 Å². The van der Waals surface area contributed by atoms with E-state index in [1.165, 1.54) is 12.1 Å². The molecule has 1 rings (SSSR count). The molecule has 0 aromatic heterocycles. The van der Waals surface area contributed by atoms with Crippen molar-refractivity contribution in [2.75, 3.05) is 19.8 Å². The Morgan fingerprint density at radius 1 is 0.808 bits per heavy atom. The first kappa shape index (κ1) is 23.2. The minimum Gasteiger partial charge on any atom is -0.373 e. The molecule has 0 spiro atoms. The van der Waals surface area contributed by atoms with Crippen molar-refractivity contribution in [1.29, 1.82) is 0 Å². The van der Waals surface area contributed by atoms with Crippen LogP contribution >= 0.6 is 0 Å². The van der Waals surface area contributed by atoms with Gasteiger partial charge in [0.15, 0.2) is 0 Å². The Morgan fingerprint density at radius 3 is 1.88 bits per heavy atom. The molecular weight excluding hydrogens is 354 g/mol. The van der Waals surface area contributed by atoms with Crippen LogP contribution in [-0.4, -0.2) is 28.6 Å². The Bertz CT molecular complexity index is 478. The second kappa shape index (κ2) is 13.4. The van der Waals surface area contributed by atoms with Crippen LogP contribution < -0.4 is 0 Å². The minimum absolute atomic E-state index is 0.461. The van der Waals surface area contributed by atoms with Gasteiger partial charge >= 0.3 is 8.80 Å². The Labute approximate surface area is 158 Å². The van der Waals surface area contributed by atoms with Crippen molar-refractivity contribution in [1.82, 2.24) is 0 Å². The summed E-state index contributed by atoms with van der Waals surface area (Å²) in [5.41, 5.74) is 0.571. The molecule has 150 valence electrons. The maximum atomic E-state index is 13.7. The van der Waals surface area contributed by atoms with Crippen LogP contribution in [0.1, 0.15) is 64.9 Å². The zero-order chi connectivity index (χ0) is 19.3. The molecule has 0 bridgehead atoms. The molecule has 0 unspecified atom stereocenters. The number of benzene rings is 1. The third kappa shape index (κ3) is 8.71. The highest BCUT2D eigenvalue weighted by molar-refractivity contribution is 6.60. The second-order valence-electron chi connectivity index (χ2n) is 6.52. The normalized spacial score (nSPS) is 11.9. The van der Waals surface area contributed by atoms with Crippen LogP contribution in [0.5, 0.6) is 0 Å². The van der Waals surface area contributed by atoms with Crippen molar-refractivity contribution in [3.05, 3.63) is 35.4 Å². The molecule has 0 amide bonds. The van der Waals surface area contributed by atoms with E-state index in [2.05, 4.69) is 20.8 Å². The highest BCUT2D eigenvalue weighted by Gasteiger charge is 2.40. The van der Waals surface area contributed by atoms with Gasteiger partial charge in [-0.25, -0.2) is 8.78 Å². The molecule has 3 nitrogen and oxygen atoms in total. The van der Waals surface area contributed by atoms with Crippen molar-refractivity contribution in [3.63, 3.8) is 0 Å². The van der Waals surface area contributed by atoms with Gasteiger partial charge in [-0.3, -0.25) is 0 Å². The number of unbranched alkanes of at least 4 members (excludes halogenated alkanes) is 2. The molecule has 0 aliphatic heterocycles. The van der Waals surface area contributed by atoms with Crippen molar-refractivity contribution in [2.24, 2.45) is 0 Å². The summed E-state index contributed by atoms with van der Waals surface area (Å²) in [6.45, 7) is 8.20. The third-order valence-corrected chi connectivity index (χ3v) is 6.92. The minimum atomic E-state index is -2.63. The molecule has 0 fully saturated rings. The summed E-state index contributed by atoms with van der Waals surface area (Å²) in [4.78, 5) is 0. The molecule has 0 aliphatic carbocycles. The van der Waals surface area contributed by atoms with Gasteiger partial charge in [0.2, 0.25) is 0 Å². The van der Waals surface area contributed by atoms with Gasteiger partial charge in [0.25, 0.3) is 0 Å². The lowest BCUT2D eigenvalue weighted by atomic mass is 10.1. The van der Waals surface area contributed by atoms with Crippen LogP contribution in [0.3, 0.4) is 0 Å². The van der Waals surface area contributed by atoms with Crippen LogP contribution in [0.4, 0.5) is 8.78 Å². The Morgan fingerprint density at radius 2 is 1.38 bits per heavy atom. The fraction of sp³-hybridized carbons (Fsp3) is 0.700. The number of halogens is 2. The lowest BCUT2D eigenvalue weighted by Crippen LogP contribution is -2.46. The second-order valence-corrected chi connectivity index (χ2v) is 9.26. The molecule has 1 aromatic rings.